The van der Waals surface area contributed by atoms with E-state index in [2.05, 4.69) is 20.5 Å². The minimum atomic E-state index is -0.160. The van der Waals surface area contributed by atoms with Gasteiger partial charge in [-0.3, -0.25) is 4.79 Å². The van der Waals surface area contributed by atoms with Crippen LogP contribution in [0, 0.1) is 0 Å². The average Bonchev–Trinajstić information content (AvgIpc) is 3.40. The number of halogens is 2. The summed E-state index contributed by atoms with van der Waals surface area (Å²) >= 11 is 14.9. The Morgan fingerprint density at radius 2 is 1.90 bits per heavy atom. The number of amides is 1. The summed E-state index contributed by atoms with van der Waals surface area (Å²) in [6.07, 6.45) is 0. The fourth-order valence-electron chi connectivity index (χ4n) is 2.89. The van der Waals surface area contributed by atoms with E-state index in [0.717, 1.165) is 16.8 Å². The predicted molar refractivity (Wildman–Crippen MR) is 128 cm³/mol. The molecule has 0 aliphatic heterocycles. The van der Waals surface area contributed by atoms with E-state index < -0.39 is 0 Å². The molecule has 2 aromatic carbocycles. The summed E-state index contributed by atoms with van der Waals surface area (Å²) in [5.74, 6) is 0.715. The molecule has 0 aliphatic carbocycles. The van der Waals surface area contributed by atoms with Crippen molar-refractivity contribution >= 4 is 57.3 Å². The van der Waals surface area contributed by atoms with Crippen LogP contribution < -0.4 is 5.32 Å². The van der Waals surface area contributed by atoms with E-state index in [1.54, 1.807) is 0 Å². The van der Waals surface area contributed by atoms with Gasteiger partial charge in [0, 0.05) is 28.1 Å². The zero-order chi connectivity index (χ0) is 21.8. The molecule has 0 unspecified atom stereocenters. The lowest BCUT2D eigenvalue weighted by Crippen LogP contribution is -2.14. The number of thiazole rings is 1. The molecule has 0 spiro atoms. The molecule has 31 heavy (non-hydrogen) atoms. The Balaban J connectivity index is 1.41. The number of thioether (sulfide) groups is 1. The summed E-state index contributed by atoms with van der Waals surface area (Å²) in [7, 11) is 0. The fraction of sp³-hybridized carbons (Fsp3) is 0.143. The summed E-state index contributed by atoms with van der Waals surface area (Å²) in [6.45, 7) is 2.66. The van der Waals surface area contributed by atoms with Crippen molar-refractivity contribution in [2.75, 3.05) is 11.1 Å². The first-order valence-electron chi connectivity index (χ1n) is 9.37. The molecule has 0 aliphatic rings. The van der Waals surface area contributed by atoms with Crippen LogP contribution in [0.4, 0.5) is 5.13 Å². The molecule has 6 nitrogen and oxygen atoms in total. The number of nitrogens with zero attached hydrogens (tertiary/aromatic N) is 4. The van der Waals surface area contributed by atoms with Crippen molar-refractivity contribution in [2.45, 2.75) is 18.6 Å². The number of aromatic nitrogens is 4. The predicted octanol–water partition coefficient (Wildman–Crippen LogP) is 6.13. The van der Waals surface area contributed by atoms with E-state index in [1.807, 2.05) is 65.4 Å². The monoisotopic (exact) mass is 489 g/mol. The zero-order valence-corrected chi connectivity index (χ0v) is 19.5. The van der Waals surface area contributed by atoms with Crippen LogP contribution in [0.25, 0.3) is 22.6 Å². The number of benzene rings is 2. The van der Waals surface area contributed by atoms with Gasteiger partial charge in [-0.2, -0.15) is 0 Å². The Morgan fingerprint density at radius 1 is 1.13 bits per heavy atom. The third kappa shape index (κ3) is 5.10. The third-order valence-electron chi connectivity index (χ3n) is 4.37. The number of anilines is 1. The number of hydrogen-bond acceptors (Lipinski definition) is 6. The van der Waals surface area contributed by atoms with Crippen LogP contribution in [-0.4, -0.2) is 31.4 Å². The van der Waals surface area contributed by atoms with Gasteiger partial charge < -0.3 is 9.88 Å². The fourth-order valence-corrected chi connectivity index (χ4v) is 4.78. The molecule has 10 heteroatoms. The van der Waals surface area contributed by atoms with Gasteiger partial charge >= 0.3 is 0 Å². The SMILES string of the molecule is CCn1c(SCC(=O)Nc2nc(-c3ccc(Cl)cc3)cs2)nnc1-c1ccccc1Cl. The topological polar surface area (TPSA) is 72.7 Å². The van der Waals surface area contributed by atoms with E-state index in [4.69, 9.17) is 23.2 Å². The number of carbonyl (C=O) groups is 1. The van der Waals surface area contributed by atoms with E-state index >= 15 is 0 Å². The molecule has 1 amide bonds. The molecule has 4 aromatic rings. The van der Waals surface area contributed by atoms with Gasteiger partial charge in [0.15, 0.2) is 16.1 Å². The Bertz CT molecular complexity index is 1210. The highest BCUT2D eigenvalue weighted by atomic mass is 35.5. The smallest absolute Gasteiger partial charge is 0.236 e. The second kappa shape index (κ2) is 9.82. The first-order valence-corrected chi connectivity index (χ1v) is 12.0. The largest absolute Gasteiger partial charge is 0.302 e. The van der Waals surface area contributed by atoms with Crippen molar-refractivity contribution in [3.63, 3.8) is 0 Å². The van der Waals surface area contributed by atoms with Crippen LogP contribution in [-0.2, 0) is 11.3 Å². The van der Waals surface area contributed by atoms with Gasteiger partial charge in [-0.25, -0.2) is 4.98 Å². The minimum absolute atomic E-state index is 0.160. The van der Waals surface area contributed by atoms with E-state index in [0.29, 0.717) is 32.7 Å². The molecule has 0 radical (unpaired) electrons. The van der Waals surface area contributed by atoms with Crippen LogP contribution in [0.3, 0.4) is 0 Å². The van der Waals surface area contributed by atoms with Crippen molar-refractivity contribution in [2.24, 2.45) is 0 Å². The van der Waals surface area contributed by atoms with Gasteiger partial charge in [-0.05, 0) is 31.2 Å². The molecular formula is C21H17Cl2N5OS2. The van der Waals surface area contributed by atoms with Crippen molar-refractivity contribution in [1.82, 2.24) is 19.7 Å². The van der Waals surface area contributed by atoms with Crippen LogP contribution in [0.15, 0.2) is 59.1 Å². The third-order valence-corrected chi connectivity index (χ3v) is 6.68. The number of rotatable bonds is 7. The molecule has 0 atom stereocenters. The molecule has 4 rings (SSSR count). The highest BCUT2D eigenvalue weighted by Crippen LogP contribution is 2.30. The lowest BCUT2D eigenvalue weighted by atomic mass is 10.2. The Hall–Kier alpha value is -2.39. The molecule has 1 N–H and O–H groups in total. The van der Waals surface area contributed by atoms with Crippen LogP contribution in [0.5, 0.6) is 0 Å². The molecule has 2 aromatic heterocycles. The van der Waals surface area contributed by atoms with E-state index in [1.165, 1.54) is 23.1 Å². The van der Waals surface area contributed by atoms with Crippen LogP contribution >= 0.6 is 46.3 Å². The summed E-state index contributed by atoms with van der Waals surface area (Å²) < 4.78 is 1.95. The zero-order valence-electron chi connectivity index (χ0n) is 16.4. The van der Waals surface area contributed by atoms with E-state index in [9.17, 15) is 4.79 Å². The molecule has 0 bridgehead atoms. The molecule has 0 saturated heterocycles. The maximum Gasteiger partial charge on any atom is 0.236 e. The van der Waals surface area contributed by atoms with Gasteiger partial charge in [-0.1, -0.05) is 59.2 Å². The second-order valence-electron chi connectivity index (χ2n) is 6.41. The maximum atomic E-state index is 12.4. The quantitative estimate of drug-likeness (QED) is 0.316. The van der Waals surface area contributed by atoms with Crippen LogP contribution in [0.2, 0.25) is 10.0 Å². The molecule has 158 valence electrons. The summed E-state index contributed by atoms with van der Waals surface area (Å²) in [6, 6.07) is 14.9. The van der Waals surface area contributed by atoms with Crippen molar-refractivity contribution in [3.8, 4) is 22.6 Å². The number of hydrogen-bond donors (Lipinski definition) is 1. The molecule has 2 heterocycles. The lowest BCUT2D eigenvalue weighted by Gasteiger charge is -2.08. The standard InChI is InChI=1S/C21H17Cl2N5OS2/c1-2-28-19(15-5-3-4-6-16(15)23)26-27-21(28)31-12-18(29)25-20-24-17(11-30-20)13-7-9-14(22)10-8-13/h3-11H,2,12H2,1H3,(H,24,25,29). The lowest BCUT2D eigenvalue weighted by molar-refractivity contribution is -0.113. The highest BCUT2D eigenvalue weighted by molar-refractivity contribution is 7.99. The van der Waals surface area contributed by atoms with Gasteiger partial charge in [0.1, 0.15) is 0 Å². The maximum absolute atomic E-state index is 12.4. The highest BCUT2D eigenvalue weighted by Gasteiger charge is 2.17. The van der Waals surface area contributed by atoms with Crippen molar-refractivity contribution < 1.29 is 4.79 Å². The first kappa shape index (κ1) is 21.8. The Morgan fingerprint density at radius 3 is 2.65 bits per heavy atom. The summed E-state index contributed by atoms with van der Waals surface area (Å²) in [5, 5.41) is 15.8. The van der Waals surface area contributed by atoms with Gasteiger partial charge in [0.2, 0.25) is 5.91 Å². The molecule has 0 fully saturated rings. The van der Waals surface area contributed by atoms with Gasteiger partial charge in [0.25, 0.3) is 0 Å². The van der Waals surface area contributed by atoms with Crippen LogP contribution in [0.1, 0.15) is 6.92 Å². The Labute approximate surface area is 197 Å². The van der Waals surface area contributed by atoms with Gasteiger partial charge in [0.05, 0.1) is 16.5 Å². The number of nitrogens with one attached hydrogen (secondary N) is 1. The second-order valence-corrected chi connectivity index (χ2v) is 9.06. The molecular weight excluding hydrogens is 473 g/mol. The minimum Gasteiger partial charge on any atom is -0.302 e. The normalized spacial score (nSPS) is 10.9. The summed E-state index contributed by atoms with van der Waals surface area (Å²) in [5.41, 5.74) is 2.55. The molecule has 0 saturated carbocycles. The first-order chi connectivity index (χ1) is 15.0. The van der Waals surface area contributed by atoms with E-state index in [-0.39, 0.29) is 11.7 Å². The average molecular weight is 490 g/mol. The number of carbonyl (C=O) groups excluding carboxylic acids is 1. The Kier molecular flexibility index (Phi) is 6.92. The van der Waals surface area contributed by atoms with Gasteiger partial charge in [-0.15, -0.1) is 21.5 Å². The summed E-state index contributed by atoms with van der Waals surface area (Å²) in [4.78, 5) is 16.9. The van der Waals surface area contributed by atoms with Crippen molar-refractivity contribution in [1.29, 1.82) is 0 Å². The van der Waals surface area contributed by atoms with Crippen molar-refractivity contribution in [3.05, 3.63) is 64.0 Å².